The van der Waals surface area contributed by atoms with Crippen molar-refractivity contribution >= 4 is 11.9 Å². The number of allylic oxidation sites excluding steroid dienone is 1. The minimum atomic E-state index is -0.388. The van der Waals surface area contributed by atoms with Gasteiger partial charge in [-0.15, -0.1) is 0 Å². The Labute approximate surface area is 122 Å². The topological polar surface area (TPSA) is 68.9 Å². The maximum atomic E-state index is 12.2. The second-order valence-electron chi connectivity index (χ2n) is 4.37. The zero-order valence-corrected chi connectivity index (χ0v) is 12.0. The lowest BCUT2D eigenvalue weighted by molar-refractivity contribution is 0.104. The van der Waals surface area contributed by atoms with Gasteiger partial charge in [-0.25, -0.2) is 0 Å². The standard InChI is InChI=1S/C16H16O5/c1-10-4-5-11(21-10)6-7-13(17)16-14(18)8-12(19-2)9-15(16)20-3/h4-9,18H,1-3H3/b7-6+. The van der Waals surface area contributed by atoms with Crippen LogP contribution in [0, 0.1) is 6.92 Å². The van der Waals surface area contributed by atoms with E-state index < -0.39 is 0 Å². The molecule has 1 heterocycles. The molecule has 0 aliphatic rings. The monoisotopic (exact) mass is 288 g/mol. The average molecular weight is 288 g/mol. The molecular weight excluding hydrogens is 272 g/mol. The highest BCUT2D eigenvalue weighted by atomic mass is 16.5. The first-order valence-corrected chi connectivity index (χ1v) is 6.29. The largest absolute Gasteiger partial charge is 0.507 e. The van der Waals surface area contributed by atoms with Crippen LogP contribution in [0.2, 0.25) is 0 Å². The fraction of sp³-hybridized carbons (Fsp3) is 0.188. The lowest BCUT2D eigenvalue weighted by atomic mass is 10.1. The molecule has 2 rings (SSSR count). The van der Waals surface area contributed by atoms with Crippen LogP contribution < -0.4 is 9.47 Å². The second kappa shape index (κ2) is 6.17. The number of furan rings is 1. The zero-order chi connectivity index (χ0) is 15.4. The lowest BCUT2D eigenvalue weighted by Gasteiger charge is -2.10. The minimum absolute atomic E-state index is 0.0813. The number of phenolic OH excluding ortho intramolecular Hbond substituents is 1. The van der Waals surface area contributed by atoms with Crippen LogP contribution in [0.25, 0.3) is 6.08 Å². The summed E-state index contributed by atoms with van der Waals surface area (Å²) in [6.45, 7) is 1.82. The number of carbonyl (C=O) groups is 1. The summed E-state index contributed by atoms with van der Waals surface area (Å²) in [7, 11) is 2.89. The SMILES string of the molecule is COc1cc(O)c(C(=O)/C=C/c2ccc(C)o2)c(OC)c1. The number of aryl methyl sites for hydroxylation is 1. The summed E-state index contributed by atoms with van der Waals surface area (Å²) in [5.41, 5.74) is 0.0813. The molecule has 0 fully saturated rings. The summed E-state index contributed by atoms with van der Waals surface area (Å²) in [5.74, 6) is 1.39. The first-order valence-electron chi connectivity index (χ1n) is 6.29. The number of methoxy groups -OCH3 is 2. The lowest BCUT2D eigenvalue weighted by Crippen LogP contribution is -2.00. The van der Waals surface area contributed by atoms with Crippen molar-refractivity contribution in [1.82, 2.24) is 0 Å². The number of ether oxygens (including phenoxy) is 2. The van der Waals surface area contributed by atoms with Crippen LogP contribution in [-0.4, -0.2) is 25.1 Å². The maximum absolute atomic E-state index is 12.2. The third kappa shape index (κ3) is 3.25. The molecule has 5 nitrogen and oxygen atoms in total. The van der Waals surface area contributed by atoms with Crippen LogP contribution in [0.5, 0.6) is 17.2 Å². The van der Waals surface area contributed by atoms with Crippen LogP contribution in [0.3, 0.4) is 0 Å². The molecule has 0 radical (unpaired) electrons. The molecule has 0 atom stereocenters. The van der Waals surface area contributed by atoms with Crippen molar-refractivity contribution in [2.75, 3.05) is 14.2 Å². The summed E-state index contributed by atoms with van der Waals surface area (Å²) >= 11 is 0. The van der Waals surface area contributed by atoms with Crippen molar-refractivity contribution in [1.29, 1.82) is 0 Å². The minimum Gasteiger partial charge on any atom is -0.507 e. The quantitative estimate of drug-likeness (QED) is 0.676. The Bertz CT molecular complexity index is 682. The van der Waals surface area contributed by atoms with Gasteiger partial charge in [0.25, 0.3) is 0 Å². The molecule has 0 aliphatic heterocycles. The Balaban J connectivity index is 2.32. The summed E-state index contributed by atoms with van der Waals surface area (Å²) < 4.78 is 15.5. The van der Waals surface area contributed by atoms with Gasteiger partial charge in [-0.05, 0) is 31.2 Å². The van der Waals surface area contributed by atoms with Crippen LogP contribution in [0.4, 0.5) is 0 Å². The van der Waals surface area contributed by atoms with Crippen molar-refractivity contribution in [3.63, 3.8) is 0 Å². The van der Waals surface area contributed by atoms with Gasteiger partial charge in [-0.2, -0.15) is 0 Å². The molecule has 0 saturated carbocycles. The van der Waals surface area contributed by atoms with Crippen LogP contribution in [-0.2, 0) is 0 Å². The van der Waals surface area contributed by atoms with Gasteiger partial charge < -0.3 is 19.0 Å². The highest BCUT2D eigenvalue weighted by Gasteiger charge is 2.17. The maximum Gasteiger partial charge on any atom is 0.193 e. The summed E-state index contributed by atoms with van der Waals surface area (Å²) in [6.07, 6.45) is 2.86. The Morgan fingerprint density at radius 1 is 1.24 bits per heavy atom. The fourth-order valence-corrected chi connectivity index (χ4v) is 1.89. The van der Waals surface area contributed by atoms with Crippen molar-refractivity contribution in [3.8, 4) is 17.2 Å². The number of rotatable bonds is 5. The molecule has 21 heavy (non-hydrogen) atoms. The summed E-state index contributed by atoms with van der Waals surface area (Å²) in [6, 6.07) is 6.46. The Kier molecular flexibility index (Phi) is 4.33. The fourth-order valence-electron chi connectivity index (χ4n) is 1.89. The van der Waals surface area contributed by atoms with Gasteiger partial charge in [0.1, 0.15) is 34.3 Å². The van der Waals surface area contributed by atoms with E-state index in [1.165, 1.54) is 32.4 Å². The Morgan fingerprint density at radius 2 is 2.00 bits per heavy atom. The highest BCUT2D eigenvalue weighted by molar-refractivity contribution is 6.10. The van der Waals surface area contributed by atoms with E-state index in [-0.39, 0.29) is 22.8 Å². The average Bonchev–Trinajstić information content (AvgIpc) is 2.89. The predicted molar refractivity (Wildman–Crippen MR) is 78.0 cm³/mol. The third-order valence-corrected chi connectivity index (χ3v) is 2.92. The Hall–Kier alpha value is -2.69. The number of aromatic hydroxyl groups is 1. The Morgan fingerprint density at radius 3 is 2.57 bits per heavy atom. The van der Waals surface area contributed by atoms with Crippen molar-refractivity contribution in [3.05, 3.63) is 47.4 Å². The molecular formula is C16H16O5. The number of phenols is 1. The van der Waals surface area contributed by atoms with E-state index in [4.69, 9.17) is 13.9 Å². The zero-order valence-electron chi connectivity index (χ0n) is 12.0. The molecule has 0 spiro atoms. The van der Waals surface area contributed by atoms with Gasteiger partial charge >= 0.3 is 0 Å². The summed E-state index contributed by atoms with van der Waals surface area (Å²) in [4.78, 5) is 12.2. The number of hydrogen-bond acceptors (Lipinski definition) is 5. The molecule has 1 aromatic carbocycles. The van der Waals surface area contributed by atoms with E-state index in [1.807, 2.05) is 6.92 Å². The molecule has 0 saturated heterocycles. The molecule has 0 aliphatic carbocycles. The first kappa shape index (κ1) is 14.7. The number of carbonyl (C=O) groups excluding carboxylic acids is 1. The summed E-state index contributed by atoms with van der Waals surface area (Å²) in [5, 5.41) is 9.97. The smallest absolute Gasteiger partial charge is 0.193 e. The van der Waals surface area contributed by atoms with Crippen molar-refractivity contribution in [2.45, 2.75) is 6.92 Å². The van der Waals surface area contributed by atoms with Crippen LogP contribution >= 0.6 is 0 Å². The van der Waals surface area contributed by atoms with E-state index in [0.29, 0.717) is 11.5 Å². The van der Waals surface area contributed by atoms with E-state index in [9.17, 15) is 9.90 Å². The van der Waals surface area contributed by atoms with Crippen molar-refractivity contribution < 1.29 is 23.8 Å². The molecule has 0 bridgehead atoms. The normalized spacial score (nSPS) is 10.8. The van der Waals surface area contributed by atoms with Crippen LogP contribution in [0.1, 0.15) is 21.9 Å². The van der Waals surface area contributed by atoms with E-state index in [1.54, 1.807) is 18.2 Å². The second-order valence-corrected chi connectivity index (χ2v) is 4.37. The molecule has 5 heteroatoms. The van der Waals surface area contributed by atoms with E-state index >= 15 is 0 Å². The van der Waals surface area contributed by atoms with Crippen molar-refractivity contribution in [2.24, 2.45) is 0 Å². The van der Waals surface area contributed by atoms with Gasteiger partial charge in [-0.1, -0.05) is 0 Å². The van der Waals surface area contributed by atoms with Gasteiger partial charge in [0, 0.05) is 12.1 Å². The molecule has 0 unspecified atom stereocenters. The first-order chi connectivity index (χ1) is 10.0. The molecule has 0 amide bonds. The van der Waals surface area contributed by atoms with E-state index in [0.717, 1.165) is 5.76 Å². The number of ketones is 1. The van der Waals surface area contributed by atoms with Gasteiger partial charge in [0.05, 0.1) is 14.2 Å². The molecule has 110 valence electrons. The van der Waals surface area contributed by atoms with Crippen LogP contribution in [0.15, 0.2) is 34.8 Å². The van der Waals surface area contributed by atoms with Gasteiger partial charge in [0.15, 0.2) is 5.78 Å². The molecule has 1 aromatic heterocycles. The van der Waals surface area contributed by atoms with Gasteiger partial charge in [0.2, 0.25) is 0 Å². The van der Waals surface area contributed by atoms with E-state index in [2.05, 4.69) is 0 Å². The third-order valence-electron chi connectivity index (χ3n) is 2.92. The molecule has 1 N–H and O–H groups in total. The van der Waals surface area contributed by atoms with Gasteiger partial charge in [-0.3, -0.25) is 4.79 Å². The molecule has 2 aromatic rings. The number of hydrogen-bond donors (Lipinski definition) is 1. The number of benzene rings is 1. The predicted octanol–water partition coefficient (Wildman–Crippen LogP) is 3.21. The highest BCUT2D eigenvalue weighted by Crippen LogP contribution is 2.33.